The lowest BCUT2D eigenvalue weighted by molar-refractivity contribution is 0.0785. The molecule has 32 heavy (non-hydrogen) atoms. The number of hydrogen-bond donors (Lipinski definition) is 2. The number of hydrogen-bond acceptors (Lipinski definition) is 7. The third kappa shape index (κ3) is 3.81. The molecule has 0 spiro atoms. The predicted molar refractivity (Wildman–Crippen MR) is 120 cm³/mol. The van der Waals surface area contributed by atoms with E-state index in [-0.39, 0.29) is 11.9 Å². The molecule has 1 saturated heterocycles. The minimum atomic E-state index is -0.0434. The third-order valence-corrected chi connectivity index (χ3v) is 5.81. The van der Waals surface area contributed by atoms with Crippen molar-refractivity contribution in [1.29, 1.82) is 0 Å². The van der Waals surface area contributed by atoms with Gasteiger partial charge in [0.2, 0.25) is 11.7 Å². The molecule has 2 N–H and O–H groups in total. The average Bonchev–Trinajstić information content (AvgIpc) is 3.54. The highest BCUT2D eigenvalue weighted by atomic mass is 16.5. The highest BCUT2D eigenvalue weighted by molar-refractivity contribution is 5.95. The lowest BCUT2D eigenvalue weighted by Crippen LogP contribution is -2.32. The van der Waals surface area contributed by atoms with Gasteiger partial charge in [-0.15, -0.1) is 0 Å². The molecule has 0 radical (unpaired) electrons. The van der Waals surface area contributed by atoms with Crippen LogP contribution in [-0.4, -0.2) is 55.3 Å². The van der Waals surface area contributed by atoms with Crippen molar-refractivity contribution < 1.29 is 9.32 Å². The molecule has 4 aromatic rings. The van der Waals surface area contributed by atoms with Gasteiger partial charge in [-0.25, -0.2) is 4.98 Å². The van der Waals surface area contributed by atoms with Gasteiger partial charge in [0, 0.05) is 48.9 Å². The van der Waals surface area contributed by atoms with Gasteiger partial charge in [0.05, 0.1) is 0 Å². The van der Waals surface area contributed by atoms with Crippen LogP contribution >= 0.6 is 0 Å². The number of anilines is 1. The molecule has 1 atom stereocenters. The Balaban J connectivity index is 1.34. The lowest BCUT2D eigenvalue weighted by Gasteiger charge is -2.17. The summed E-state index contributed by atoms with van der Waals surface area (Å²) in [6.45, 7) is 7.19. The van der Waals surface area contributed by atoms with Crippen molar-refractivity contribution in [3.05, 3.63) is 53.8 Å². The van der Waals surface area contributed by atoms with Gasteiger partial charge >= 0.3 is 0 Å². The summed E-state index contributed by atoms with van der Waals surface area (Å²) in [5.41, 5.74) is 2.31. The average molecular weight is 432 g/mol. The molecule has 0 aliphatic carbocycles. The number of carbonyl (C=O) groups is 1. The van der Waals surface area contributed by atoms with Gasteiger partial charge < -0.3 is 14.7 Å². The zero-order chi connectivity index (χ0) is 22.2. The molecule has 3 aromatic heterocycles. The fourth-order valence-electron chi connectivity index (χ4n) is 4.00. The summed E-state index contributed by atoms with van der Waals surface area (Å²) >= 11 is 0. The van der Waals surface area contributed by atoms with Crippen LogP contribution < -0.4 is 5.32 Å². The Morgan fingerprint density at radius 2 is 2.16 bits per heavy atom. The highest BCUT2D eigenvalue weighted by Crippen LogP contribution is 2.28. The topological polar surface area (TPSA) is 113 Å². The van der Waals surface area contributed by atoms with Crippen LogP contribution in [0.15, 0.2) is 41.1 Å². The number of aryl methyl sites for hydroxylation is 1. The van der Waals surface area contributed by atoms with Crippen LogP contribution in [0.5, 0.6) is 0 Å². The maximum atomic E-state index is 12.9. The first kappa shape index (κ1) is 20.2. The number of likely N-dealkylation sites (tertiary alicyclic amines) is 1. The van der Waals surface area contributed by atoms with E-state index in [0.717, 1.165) is 34.3 Å². The number of pyridine rings is 1. The maximum Gasteiger partial charge on any atom is 0.274 e. The van der Waals surface area contributed by atoms with Gasteiger partial charge in [0.25, 0.3) is 5.91 Å². The quantitative estimate of drug-likeness (QED) is 0.494. The third-order valence-electron chi connectivity index (χ3n) is 5.81. The van der Waals surface area contributed by atoms with Gasteiger partial charge in [-0.1, -0.05) is 31.1 Å². The summed E-state index contributed by atoms with van der Waals surface area (Å²) in [7, 11) is 0. The van der Waals surface area contributed by atoms with E-state index in [9.17, 15) is 4.79 Å². The normalized spacial score (nSPS) is 16.2. The standard InChI is InChI=1S/C23H25N7O2/c1-13(2)19-11-20(28-27-19)23(31)30-9-7-17(12-30)26-22-18-10-16(21-25-14(3)32-29-21)5-4-15(18)6-8-24-22/h4-6,8,10-11,13,17H,7,9,12H2,1-3H3,(H,24,26)(H,27,28)/t17-/m0/s1. The van der Waals surface area contributed by atoms with Crippen molar-refractivity contribution in [3.63, 3.8) is 0 Å². The van der Waals surface area contributed by atoms with Gasteiger partial charge in [-0.3, -0.25) is 9.89 Å². The smallest absolute Gasteiger partial charge is 0.274 e. The Kier molecular flexibility index (Phi) is 5.08. The van der Waals surface area contributed by atoms with E-state index in [2.05, 4.69) is 44.5 Å². The molecule has 1 amide bonds. The van der Waals surface area contributed by atoms with Crippen molar-refractivity contribution in [3.8, 4) is 11.4 Å². The van der Waals surface area contributed by atoms with E-state index in [1.54, 1.807) is 13.1 Å². The molecule has 0 bridgehead atoms. The molecule has 1 fully saturated rings. The molecule has 0 unspecified atom stereocenters. The zero-order valence-corrected chi connectivity index (χ0v) is 18.3. The second-order valence-corrected chi connectivity index (χ2v) is 8.48. The number of nitrogens with zero attached hydrogens (tertiary/aromatic N) is 5. The molecule has 1 aliphatic rings. The molecular formula is C23H25N7O2. The van der Waals surface area contributed by atoms with Crippen LogP contribution in [0.1, 0.15) is 48.3 Å². The van der Waals surface area contributed by atoms with Crippen molar-refractivity contribution in [2.75, 3.05) is 18.4 Å². The summed E-state index contributed by atoms with van der Waals surface area (Å²) in [5, 5.41) is 16.8. The van der Waals surface area contributed by atoms with Crippen molar-refractivity contribution in [2.24, 2.45) is 0 Å². The van der Waals surface area contributed by atoms with E-state index in [0.29, 0.717) is 36.4 Å². The van der Waals surface area contributed by atoms with Gasteiger partial charge in [0.15, 0.2) is 0 Å². The van der Waals surface area contributed by atoms with Crippen LogP contribution in [0.2, 0.25) is 0 Å². The monoisotopic (exact) mass is 431 g/mol. The second kappa shape index (κ2) is 8.07. The SMILES string of the molecule is Cc1nc(-c2ccc3ccnc(N[C@H]4CCN(C(=O)c5cc(C(C)C)[nH]n5)C4)c3c2)no1. The van der Waals surface area contributed by atoms with Gasteiger partial charge in [0.1, 0.15) is 11.5 Å². The molecule has 5 rings (SSSR count). The number of rotatable bonds is 5. The van der Waals surface area contributed by atoms with Crippen LogP contribution in [0.3, 0.4) is 0 Å². The Labute approximate surface area is 185 Å². The Hall–Kier alpha value is -3.75. The summed E-state index contributed by atoms with van der Waals surface area (Å²) in [6, 6.07) is 9.95. The molecule has 9 heteroatoms. The fraction of sp³-hybridized carbons (Fsp3) is 0.348. The fourth-order valence-corrected chi connectivity index (χ4v) is 4.00. The van der Waals surface area contributed by atoms with E-state index in [4.69, 9.17) is 4.52 Å². The summed E-state index contributed by atoms with van der Waals surface area (Å²) in [5.74, 6) is 2.12. The number of aromatic nitrogens is 5. The first-order valence-electron chi connectivity index (χ1n) is 10.8. The number of amides is 1. The molecule has 4 heterocycles. The van der Waals surface area contributed by atoms with E-state index < -0.39 is 0 Å². The highest BCUT2D eigenvalue weighted by Gasteiger charge is 2.29. The van der Waals surface area contributed by atoms with Crippen LogP contribution in [-0.2, 0) is 0 Å². The minimum absolute atomic E-state index is 0.0434. The van der Waals surface area contributed by atoms with Crippen LogP contribution in [0, 0.1) is 6.92 Å². The zero-order valence-electron chi connectivity index (χ0n) is 18.3. The van der Waals surface area contributed by atoms with Crippen LogP contribution in [0.25, 0.3) is 22.2 Å². The largest absolute Gasteiger partial charge is 0.365 e. The molecule has 0 saturated carbocycles. The van der Waals surface area contributed by atoms with Crippen molar-refractivity contribution in [1.82, 2.24) is 30.2 Å². The number of aromatic amines is 1. The molecule has 1 aliphatic heterocycles. The van der Waals surface area contributed by atoms with E-state index in [1.165, 1.54) is 0 Å². The van der Waals surface area contributed by atoms with Gasteiger partial charge in [-0.2, -0.15) is 10.1 Å². The van der Waals surface area contributed by atoms with Crippen LogP contribution in [0.4, 0.5) is 5.82 Å². The minimum Gasteiger partial charge on any atom is -0.365 e. The summed E-state index contributed by atoms with van der Waals surface area (Å²) in [6.07, 6.45) is 2.63. The number of H-pyrrole nitrogens is 1. The molecule has 9 nitrogen and oxygen atoms in total. The van der Waals surface area contributed by atoms with E-state index >= 15 is 0 Å². The number of nitrogens with one attached hydrogen (secondary N) is 2. The molecule has 164 valence electrons. The Morgan fingerprint density at radius 3 is 2.91 bits per heavy atom. The lowest BCUT2D eigenvalue weighted by atomic mass is 10.1. The predicted octanol–water partition coefficient (Wildman–Crippen LogP) is 3.77. The van der Waals surface area contributed by atoms with E-state index in [1.807, 2.05) is 35.2 Å². The first-order valence-corrected chi connectivity index (χ1v) is 10.8. The number of carbonyl (C=O) groups excluding carboxylic acids is 1. The Bertz CT molecular complexity index is 1280. The summed E-state index contributed by atoms with van der Waals surface area (Å²) < 4.78 is 5.12. The molecular weight excluding hydrogens is 406 g/mol. The van der Waals surface area contributed by atoms with Gasteiger partial charge in [-0.05, 0) is 35.9 Å². The van der Waals surface area contributed by atoms with Crippen molar-refractivity contribution in [2.45, 2.75) is 39.2 Å². The van der Waals surface area contributed by atoms with Crippen molar-refractivity contribution >= 4 is 22.5 Å². The first-order chi connectivity index (χ1) is 15.5. The maximum absolute atomic E-state index is 12.9. The summed E-state index contributed by atoms with van der Waals surface area (Å²) in [4.78, 5) is 23.6. The number of benzene rings is 1. The number of fused-ring (bicyclic) bond motifs is 1. The Morgan fingerprint density at radius 1 is 1.28 bits per heavy atom. The second-order valence-electron chi connectivity index (χ2n) is 8.48. The molecule has 1 aromatic carbocycles.